The van der Waals surface area contributed by atoms with Gasteiger partial charge in [0.05, 0.1) is 0 Å². The van der Waals surface area contributed by atoms with Gasteiger partial charge in [-0.1, -0.05) is 6.92 Å². The minimum atomic E-state index is -0.461. The molecule has 19 heavy (non-hydrogen) atoms. The van der Waals surface area contributed by atoms with Crippen molar-refractivity contribution in [3.63, 3.8) is 0 Å². The summed E-state index contributed by atoms with van der Waals surface area (Å²) in [7, 11) is 3.50. The lowest BCUT2D eigenvalue weighted by molar-refractivity contribution is 0.0253. The molecule has 0 fully saturated rings. The van der Waals surface area contributed by atoms with Gasteiger partial charge < -0.3 is 20.3 Å². The van der Waals surface area contributed by atoms with Crippen molar-refractivity contribution in [2.75, 3.05) is 33.7 Å². The third-order valence-corrected chi connectivity index (χ3v) is 2.28. The van der Waals surface area contributed by atoms with Gasteiger partial charge in [0.1, 0.15) is 5.60 Å². The van der Waals surface area contributed by atoms with Crippen LogP contribution >= 0.6 is 0 Å². The van der Waals surface area contributed by atoms with E-state index < -0.39 is 5.60 Å². The Bertz CT molecular complexity index is 298. The normalized spacial score (nSPS) is 12.0. The van der Waals surface area contributed by atoms with Gasteiger partial charge in [-0.05, 0) is 27.2 Å². The summed E-state index contributed by atoms with van der Waals surface area (Å²) in [5.74, 6) is 0.709. The van der Waals surface area contributed by atoms with Crippen molar-refractivity contribution in [3.05, 3.63) is 0 Å². The van der Waals surface area contributed by atoms with Gasteiger partial charge in [0, 0.05) is 33.7 Å². The zero-order valence-electron chi connectivity index (χ0n) is 13.0. The highest BCUT2D eigenvalue weighted by atomic mass is 16.6. The fourth-order valence-corrected chi connectivity index (χ4v) is 1.48. The van der Waals surface area contributed by atoms with E-state index in [0.717, 1.165) is 6.42 Å². The molecule has 0 aliphatic carbocycles. The fourth-order valence-electron chi connectivity index (χ4n) is 1.48. The van der Waals surface area contributed by atoms with Crippen LogP contribution in [-0.4, -0.2) is 56.3 Å². The molecule has 112 valence electrons. The van der Waals surface area contributed by atoms with Gasteiger partial charge in [0.25, 0.3) is 0 Å². The van der Waals surface area contributed by atoms with E-state index >= 15 is 0 Å². The number of hydrogen-bond acceptors (Lipinski definition) is 3. The molecule has 1 amide bonds. The summed E-state index contributed by atoms with van der Waals surface area (Å²) >= 11 is 0. The van der Waals surface area contributed by atoms with Gasteiger partial charge in [0.2, 0.25) is 0 Å². The average Bonchev–Trinajstić information content (AvgIpc) is 2.31. The predicted molar refractivity (Wildman–Crippen MR) is 78.5 cm³/mol. The molecule has 0 bridgehead atoms. The first-order valence-electron chi connectivity index (χ1n) is 6.70. The summed E-state index contributed by atoms with van der Waals surface area (Å²) in [5, 5.41) is 6.04. The lowest BCUT2D eigenvalue weighted by atomic mass is 10.2. The van der Waals surface area contributed by atoms with Crippen molar-refractivity contribution in [3.8, 4) is 0 Å². The zero-order valence-corrected chi connectivity index (χ0v) is 13.0. The molecule has 0 saturated carbocycles. The molecule has 0 aromatic heterocycles. The number of rotatable bonds is 5. The highest BCUT2D eigenvalue weighted by Crippen LogP contribution is 2.09. The van der Waals surface area contributed by atoms with Crippen molar-refractivity contribution in [2.45, 2.75) is 39.7 Å². The van der Waals surface area contributed by atoms with Crippen molar-refractivity contribution in [1.29, 1.82) is 0 Å². The molecule has 0 saturated heterocycles. The fraction of sp³-hybridized carbons (Fsp3) is 0.846. The number of nitrogens with zero attached hydrogens (tertiary/aromatic N) is 2. The number of carbonyl (C=O) groups is 1. The Morgan fingerprint density at radius 1 is 1.32 bits per heavy atom. The Morgan fingerprint density at radius 3 is 2.37 bits per heavy atom. The molecule has 6 heteroatoms. The Kier molecular flexibility index (Phi) is 7.95. The van der Waals surface area contributed by atoms with Gasteiger partial charge in [-0.15, -0.1) is 0 Å². The maximum atomic E-state index is 12.0. The first-order chi connectivity index (χ1) is 8.84. The minimum absolute atomic E-state index is 0.268. The van der Waals surface area contributed by atoms with Gasteiger partial charge in [-0.2, -0.15) is 0 Å². The molecule has 0 unspecified atom stereocenters. The number of nitrogens with one attached hydrogen (secondary N) is 2. The van der Waals surface area contributed by atoms with Crippen molar-refractivity contribution >= 4 is 12.1 Å². The monoisotopic (exact) mass is 272 g/mol. The SMILES string of the molecule is CCCN(CCNC(=NC)NC)C(=O)OC(C)(C)C. The Labute approximate surface area is 116 Å². The lowest BCUT2D eigenvalue weighted by Crippen LogP contribution is -2.43. The van der Waals surface area contributed by atoms with Crippen LogP contribution in [0.25, 0.3) is 0 Å². The molecule has 2 N–H and O–H groups in total. The number of guanidine groups is 1. The van der Waals surface area contributed by atoms with Crippen molar-refractivity contribution in [1.82, 2.24) is 15.5 Å². The van der Waals surface area contributed by atoms with Crippen LogP contribution in [0.4, 0.5) is 4.79 Å². The van der Waals surface area contributed by atoms with Gasteiger partial charge in [-0.25, -0.2) is 4.79 Å². The summed E-state index contributed by atoms with van der Waals surface area (Å²) in [6.07, 6.45) is 0.635. The van der Waals surface area contributed by atoms with Crippen LogP contribution in [0.3, 0.4) is 0 Å². The van der Waals surface area contributed by atoms with E-state index in [4.69, 9.17) is 4.74 Å². The molecule has 0 spiro atoms. The van der Waals surface area contributed by atoms with Crippen LogP contribution in [0.15, 0.2) is 4.99 Å². The van der Waals surface area contributed by atoms with Crippen LogP contribution in [0.1, 0.15) is 34.1 Å². The number of aliphatic imine (C=N–C) groups is 1. The zero-order chi connectivity index (χ0) is 14.9. The maximum absolute atomic E-state index is 12.0. The van der Waals surface area contributed by atoms with Gasteiger partial charge in [-0.3, -0.25) is 4.99 Å². The third kappa shape index (κ3) is 8.29. The van der Waals surface area contributed by atoms with Crippen LogP contribution < -0.4 is 10.6 Å². The van der Waals surface area contributed by atoms with Crippen molar-refractivity contribution in [2.24, 2.45) is 4.99 Å². The van der Waals surface area contributed by atoms with E-state index in [0.29, 0.717) is 25.6 Å². The topological polar surface area (TPSA) is 66.0 Å². The Balaban J connectivity index is 4.29. The smallest absolute Gasteiger partial charge is 0.410 e. The van der Waals surface area contributed by atoms with E-state index in [2.05, 4.69) is 15.6 Å². The first-order valence-corrected chi connectivity index (χ1v) is 6.70. The number of carbonyl (C=O) groups excluding carboxylic acids is 1. The number of amides is 1. The summed E-state index contributed by atoms with van der Waals surface area (Å²) in [6.45, 7) is 9.56. The molecule has 0 aromatic rings. The molecule has 0 rings (SSSR count). The number of ether oxygens (including phenoxy) is 1. The Morgan fingerprint density at radius 2 is 1.95 bits per heavy atom. The largest absolute Gasteiger partial charge is 0.444 e. The molecule has 6 nitrogen and oxygen atoms in total. The second-order valence-electron chi connectivity index (χ2n) is 5.22. The van der Waals surface area contributed by atoms with Gasteiger partial charge >= 0.3 is 6.09 Å². The van der Waals surface area contributed by atoms with E-state index in [1.54, 1.807) is 19.0 Å². The van der Waals surface area contributed by atoms with Crippen LogP contribution in [0.2, 0.25) is 0 Å². The van der Waals surface area contributed by atoms with Crippen LogP contribution in [0.5, 0.6) is 0 Å². The third-order valence-electron chi connectivity index (χ3n) is 2.28. The van der Waals surface area contributed by atoms with Crippen LogP contribution in [0, 0.1) is 0 Å². The molecular weight excluding hydrogens is 244 g/mol. The van der Waals surface area contributed by atoms with E-state index in [-0.39, 0.29) is 6.09 Å². The molecule has 0 atom stereocenters. The summed E-state index contributed by atoms with van der Waals surface area (Å²) in [6, 6.07) is 0. The van der Waals surface area contributed by atoms with Crippen molar-refractivity contribution < 1.29 is 9.53 Å². The summed E-state index contributed by atoms with van der Waals surface area (Å²) in [4.78, 5) is 17.7. The second kappa shape index (κ2) is 8.61. The second-order valence-corrected chi connectivity index (χ2v) is 5.22. The minimum Gasteiger partial charge on any atom is -0.444 e. The quantitative estimate of drug-likeness (QED) is 0.587. The Hall–Kier alpha value is -1.46. The summed E-state index contributed by atoms with van der Waals surface area (Å²) < 4.78 is 5.38. The molecule has 0 radical (unpaired) electrons. The number of hydrogen-bond donors (Lipinski definition) is 2. The van der Waals surface area contributed by atoms with E-state index in [1.807, 2.05) is 27.7 Å². The lowest BCUT2D eigenvalue weighted by Gasteiger charge is -2.27. The first kappa shape index (κ1) is 17.5. The molecule has 0 aliphatic heterocycles. The van der Waals surface area contributed by atoms with E-state index in [1.165, 1.54) is 0 Å². The molecule has 0 aliphatic rings. The highest BCUT2D eigenvalue weighted by Gasteiger charge is 2.21. The maximum Gasteiger partial charge on any atom is 0.410 e. The average molecular weight is 272 g/mol. The molecule has 0 aromatic carbocycles. The van der Waals surface area contributed by atoms with Crippen LogP contribution in [-0.2, 0) is 4.74 Å². The highest BCUT2D eigenvalue weighted by molar-refractivity contribution is 5.79. The van der Waals surface area contributed by atoms with Gasteiger partial charge in [0.15, 0.2) is 5.96 Å². The summed E-state index contributed by atoms with van der Waals surface area (Å²) in [5.41, 5.74) is -0.461. The van der Waals surface area contributed by atoms with E-state index in [9.17, 15) is 4.79 Å². The predicted octanol–water partition coefficient (Wildman–Crippen LogP) is 1.43. The standard InChI is InChI=1S/C13H28N4O2/c1-7-9-17(12(18)19-13(2,3)4)10-8-16-11(14-5)15-6/h7-10H2,1-6H3,(H2,14,15,16). The molecule has 0 heterocycles. The molecular formula is C13H28N4O2.